The van der Waals surface area contributed by atoms with Crippen molar-refractivity contribution in [2.45, 2.75) is 27.3 Å². The number of anilines is 1. The molecule has 1 aliphatic rings. The molecule has 1 N–H and O–H groups in total. The van der Waals surface area contributed by atoms with Gasteiger partial charge in [-0.1, -0.05) is 50.6 Å². The first kappa shape index (κ1) is 23.5. The number of nitrogens with one attached hydrogen (secondary N) is 1. The Morgan fingerprint density at radius 2 is 1.69 bits per heavy atom. The maximum Gasteiger partial charge on any atom is 0.293 e. The highest BCUT2D eigenvalue weighted by atomic mass is 35.5. The van der Waals surface area contributed by atoms with E-state index >= 15 is 0 Å². The number of hydrogen-bond acceptors (Lipinski definition) is 5. The van der Waals surface area contributed by atoms with Crippen LogP contribution < -0.4 is 5.32 Å². The minimum absolute atomic E-state index is 0.0502. The number of hydrogen-bond donors (Lipinski definition) is 1. The Morgan fingerprint density at radius 3 is 2.28 bits per heavy atom. The third-order valence-electron chi connectivity index (χ3n) is 5.36. The summed E-state index contributed by atoms with van der Waals surface area (Å²) in [7, 11) is 0. The molecule has 1 heterocycles. The largest absolute Gasteiger partial charge is 0.375 e. The van der Waals surface area contributed by atoms with Crippen LogP contribution in [-0.4, -0.2) is 52.7 Å². The molecule has 0 bridgehead atoms. The Morgan fingerprint density at radius 1 is 1.06 bits per heavy atom. The molecule has 2 aromatic carbocycles. The Hall–Kier alpha value is -3.13. The summed E-state index contributed by atoms with van der Waals surface area (Å²) in [5.41, 5.74) is 0.720. The van der Waals surface area contributed by atoms with E-state index in [1.165, 1.54) is 6.07 Å². The first-order chi connectivity index (χ1) is 15.1. The summed E-state index contributed by atoms with van der Waals surface area (Å²) in [4.78, 5) is 39.9. The predicted octanol–water partition coefficient (Wildman–Crippen LogP) is 4.19. The standard InChI is InChI=1S/C23H27ClN4O4/c1-23(2,3)22(30)27-12-10-26(11-13-27)21(29)16-8-9-19(20(14-16)28(31)32)25-15-17-6-4-5-7-18(17)24/h4-9,14,25H,10-13,15H2,1-3H3. The van der Waals surface area contributed by atoms with Crippen LogP contribution in [0.4, 0.5) is 11.4 Å². The van der Waals surface area contributed by atoms with Crippen LogP contribution in [0, 0.1) is 15.5 Å². The molecule has 2 aromatic rings. The number of nitro benzene ring substituents is 1. The number of nitro groups is 1. The van der Waals surface area contributed by atoms with Crippen molar-refractivity contribution in [3.63, 3.8) is 0 Å². The van der Waals surface area contributed by atoms with Crippen molar-refractivity contribution in [1.82, 2.24) is 9.80 Å². The molecule has 0 aliphatic carbocycles. The van der Waals surface area contributed by atoms with Gasteiger partial charge in [0, 0.05) is 54.8 Å². The lowest BCUT2D eigenvalue weighted by molar-refractivity contribution is -0.384. The summed E-state index contributed by atoms with van der Waals surface area (Å²) < 4.78 is 0. The quantitative estimate of drug-likeness (QED) is 0.535. The van der Waals surface area contributed by atoms with Gasteiger partial charge in [-0.2, -0.15) is 0 Å². The minimum Gasteiger partial charge on any atom is -0.375 e. The van der Waals surface area contributed by atoms with Gasteiger partial charge in [0.2, 0.25) is 5.91 Å². The number of halogens is 1. The van der Waals surface area contributed by atoms with Crippen LogP contribution in [0.2, 0.25) is 5.02 Å². The van der Waals surface area contributed by atoms with Gasteiger partial charge in [-0.05, 0) is 23.8 Å². The number of carbonyl (C=O) groups excluding carboxylic acids is 2. The van der Waals surface area contributed by atoms with E-state index in [-0.39, 0.29) is 23.1 Å². The fourth-order valence-electron chi connectivity index (χ4n) is 3.57. The summed E-state index contributed by atoms with van der Waals surface area (Å²) in [6.07, 6.45) is 0. The second-order valence-electron chi connectivity index (χ2n) is 8.77. The highest BCUT2D eigenvalue weighted by Gasteiger charge is 2.31. The second-order valence-corrected chi connectivity index (χ2v) is 9.18. The lowest BCUT2D eigenvalue weighted by Gasteiger charge is -2.37. The molecule has 3 rings (SSSR count). The SMILES string of the molecule is CC(C)(C)C(=O)N1CCN(C(=O)c2ccc(NCc3ccccc3Cl)c([N+](=O)[O-])c2)CC1. The smallest absolute Gasteiger partial charge is 0.293 e. The second kappa shape index (κ2) is 9.56. The number of benzene rings is 2. The molecule has 2 amide bonds. The molecule has 0 saturated carbocycles. The van der Waals surface area contributed by atoms with Crippen molar-refractivity contribution in [3.8, 4) is 0 Å². The van der Waals surface area contributed by atoms with Crippen LogP contribution >= 0.6 is 11.6 Å². The number of rotatable bonds is 5. The Kier molecular flexibility index (Phi) is 7.03. The normalized spacial score (nSPS) is 14.2. The van der Waals surface area contributed by atoms with Crippen LogP contribution in [0.25, 0.3) is 0 Å². The number of piperazine rings is 1. The van der Waals surface area contributed by atoms with E-state index in [0.29, 0.717) is 43.4 Å². The first-order valence-electron chi connectivity index (χ1n) is 10.4. The van der Waals surface area contributed by atoms with Gasteiger partial charge in [-0.3, -0.25) is 19.7 Å². The van der Waals surface area contributed by atoms with E-state index in [4.69, 9.17) is 11.6 Å². The Bertz CT molecular complexity index is 1030. The molecule has 8 nitrogen and oxygen atoms in total. The zero-order chi connectivity index (χ0) is 23.5. The fourth-order valence-corrected chi connectivity index (χ4v) is 3.77. The van der Waals surface area contributed by atoms with Gasteiger partial charge in [0.1, 0.15) is 5.69 Å². The van der Waals surface area contributed by atoms with Crippen LogP contribution in [0.3, 0.4) is 0 Å². The summed E-state index contributed by atoms with van der Waals surface area (Å²) in [6.45, 7) is 7.59. The van der Waals surface area contributed by atoms with E-state index < -0.39 is 10.3 Å². The van der Waals surface area contributed by atoms with Gasteiger partial charge in [0.25, 0.3) is 11.6 Å². The van der Waals surface area contributed by atoms with Gasteiger partial charge in [0.15, 0.2) is 0 Å². The molecule has 1 fully saturated rings. The van der Waals surface area contributed by atoms with E-state index in [1.54, 1.807) is 28.0 Å². The molecule has 0 unspecified atom stereocenters. The van der Waals surface area contributed by atoms with Crippen LogP contribution in [0.5, 0.6) is 0 Å². The molecule has 170 valence electrons. The summed E-state index contributed by atoms with van der Waals surface area (Å²) in [5.74, 6) is -0.234. The predicted molar refractivity (Wildman–Crippen MR) is 124 cm³/mol. The first-order valence-corrected chi connectivity index (χ1v) is 10.8. The van der Waals surface area contributed by atoms with Crippen molar-refractivity contribution < 1.29 is 14.5 Å². The topological polar surface area (TPSA) is 95.8 Å². The molecular weight excluding hydrogens is 432 g/mol. The summed E-state index contributed by atoms with van der Waals surface area (Å²) >= 11 is 6.15. The minimum atomic E-state index is -0.508. The maximum absolute atomic E-state index is 12.9. The Balaban J connectivity index is 1.70. The van der Waals surface area contributed by atoms with Gasteiger partial charge in [-0.25, -0.2) is 0 Å². The molecule has 0 atom stereocenters. The van der Waals surface area contributed by atoms with Gasteiger partial charge in [0.05, 0.1) is 4.92 Å². The molecule has 0 spiro atoms. The highest BCUT2D eigenvalue weighted by Crippen LogP contribution is 2.28. The van der Waals surface area contributed by atoms with Crippen molar-refractivity contribution >= 4 is 34.8 Å². The third kappa shape index (κ3) is 5.37. The summed E-state index contributed by atoms with van der Waals surface area (Å²) in [5, 5.41) is 15.2. The summed E-state index contributed by atoms with van der Waals surface area (Å²) in [6, 6.07) is 11.7. The van der Waals surface area contributed by atoms with E-state index in [1.807, 2.05) is 39.0 Å². The van der Waals surface area contributed by atoms with Crippen molar-refractivity contribution in [1.29, 1.82) is 0 Å². The molecule has 0 radical (unpaired) electrons. The molecule has 1 aliphatic heterocycles. The zero-order valence-electron chi connectivity index (χ0n) is 18.4. The molecular formula is C23H27ClN4O4. The van der Waals surface area contributed by atoms with Gasteiger partial charge >= 0.3 is 0 Å². The van der Waals surface area contributed by atoms with E-state index in [0.717, 1.165) is 5.56 Å². The lowest BCUT2D eigenvalue weighted by Crippen LogP contribution is -2.53. The van der Waals surface area contributed by atoms with E-state index in [2.05, 4.69) is 5.32 Å². The van der Waals surface area contributed by atoms with Crippen molar-refractivity contribution in [3.05, 3.63) is 68.7 Å². The molecule has 1 saturated heterocycles. The highest BCUT2D eigenvalue weighted by molar-refractivity contribution is 6.31. The lowest BCUT2D eigenvalue weighted by atomic mass is 9.94. The maximum atomic E-state index is 12.9. The number of nitrogens with zero attached hydrogens (tertiary/aromatic N) is 3. The average Bonchev–Trinajstić information content (AvgIpc) is 2.77. The van der Waals surface area contributed by atoms with E-state index in [9.17, 15) is 19.7 Å². The fraction of sp³-hybridized carbons (Fsp3) is 0.391. The molecule has 9 heteroatoms. The average molecular weight is 459 g/mol. The molecule has 32 heavy (non-hydrogen) atoms. The van der Waals surface area contributed by atoms with Gasteiger partial charge in [-0.15, -0.1) is 0 Å². The van der Waals surface area contributed by atoms with Crippen LogP contribution in [0.15, 0.2) is 42.5 Å². The Labute approximate surface area is 192 Å². The monoisotopic (exact) mass is 458 g/mol. The number of amides is 2. The molecule has 0 aromatic heterocycles. The van der Waals surface area contributed by atoms with Crippen molar-refractivity contribution in [2.24, 2.45) is 5.41 Å². The third-order valence-corrected chi connectivity index (χ3v) is 5.73. The number of carbonyl (C=O) groups is 2. The zero-order valence-corrected chi connectivity index (χ0v) is 19.2. The van der Waals surface area contributed by atoms with Crippen LogP contribution in [-0.2, 0) is 11.3 Å². The van der Waals surface area contributed by atoms with Crippen LogP contribution in [0.1, 0.15) is 36.7 Å². The van der Waals surface area contributed by atoms with Gasteiger partial charge < -0.3 is 15.1 Å². The van der Waals surface area contributed by atoms with Crippen molar-refractivity contribution in [2.75, 3.05) is 31.5 Å².